The maximum Gasteiger partial charge on any atom is 0.336 e. The van der Waals surface area contributed by atoms with Gasteiger partial charge in [-0.2, -0.15) is 0 Å². The Morgan fingerprint density at radius 2 is 1.97 bits per heavy atom. The van der Waals surface area contributed by atoms with Crippen molar-refractivity contribution in [2.45, 2.75) is 6.92 Å². The van der Waals surface area contributed by atoms with E-state index in [1.165, 1.54) is 12.1 Å². The van der Waals surface area contributed by atoms with Crippen LogP contribution in [-0.4, -0.2) is 26.2 Å². The van der Waals surface area contributed by atoms with Gasteiger partial charge in [-0.3, -0.25) is 4.79 Å². The molecule has 1 aliphatic rings. The highest BCUT2D eigenvalue weighted by Gasteiger charge is 2.17. The predicted octanol–water partition coefficient (Wildman–Crippen LogP) is 3.53. The topological polar surface area (TPSA) is 87.0 Å². The molecule has 1 aromatic heterocycles. The number of carbonyl (C=O) groups is 1. The third kappa shape index (κ3) is 3.94. The number of rotatable bonds is 4. The number of benzene rings is 2. The van der Waals surface area contributed by atoms with Gasteiger partial charge in [0.05, 0.1) is 7.11 Å². The molecular formula is C22H19NO6. The number of methoxy groups -OCH3 is 1. The molecule has 0 saturated carbocycles. The summed E-state index contributed by atoms with van der Waals surface area (Å²) in [4.78, 5) is 23.9. The van der Waals surface area contributed by atoms with Crippen LogP contribution in [0.2, 0.25) is 0 Å². The quantitative estimate of drug-likeness (QED) is 0.539. The van der Waals surface area contributed by atoms with Crippen LogP contribution in [0.1, 0.15) is 11.1 Å². The van der Waals surface area contributed by atoms with E-state index in [1.807, 2.05) is 6.92 Å². The number of aryl methyl sites for hydroxylation is 1. The van der Waals surface area contributed by atoms with Crippen LogP contribution in [0.15, 0.2) is 51.7 Å². The number of hydrogen-bond donors (Lipinski definition) is 1. The summed E-state index contributed by atoms with van der Waals surface area (Å²) in [5.41, 5.74) is 2.09. The van der Waals surface area contributed by atoms with Gasteiger partial charge in [0, 0.05) is 29.3 Å². The number of carbonyl (C=O) groups excluding carboxylic acids is 1. The molecular weight excluding hydrogens is 374 g/mol. The first-order chi connectivity index (χ1) is 14.0. The van der Waals surface area contributed by atoms with E-state index in [9.17, 15) is 9.59 Å². The van der Waals surface area contributed by atoms with Crippen molar-refractivity contribution >= 4 is 28.6 Å². The molecule has 1 amide bonds. The van der Waals surface area contributed by atoms with Gasteiger partial charge in [0.25, 0.3) is 0 Å². The zero-order valence-corrected chi connectivity index (χ0v) is 16.0. The summed E-state index contributed by atoms with van der Waals surface area (Å²) in [6.45, 7) is 2.76. The van der Waals surface area contributed by atoms with E-state index in [0.717, 1.165) is 16.5 Å². The molecule has 0 bridgehead atoms. The van der Waals surface area contributed by atoms with Crippen molar-refractivity contribution in [2.75, 3.05) is 25.6 Å². The predicted molar refractivity (Wildman–Crippen MR) is 109 cm³/mol. The highest BCUT2D eigenvalue weighted by molar-refractivity contribution is 6.03. The van der Waals surface area contributed by atoms with Crippen LogP contribution in [0.25, 0.3) is 17.0 Å². The van der Waals surface area contributed by atoms with Gasteiger partial charge in [-0.15, -0.1) is 0 Å². The molecule has 29 heavy (non-hydrogen) atoms. The Morgan fingerprint density at radius 1 is 1.14 bits per heavy atom. The van der Waals surface area contributed by atoms with Crippen molar-refractivity contribution in [3.63, 3.8) is 0 Å². The van der Waals surface area contributed by atoms with Crippen molar-refractivity contribution in [2.24, 2.45) is 0 Å². The van der Waals surface area contributed by atoms with Gasteiger partial charge >= 0.3 is 5.63 Å². The molecule has 0 spiro atoms. The molecule has 7 nitrogen and oxygen atoms in total. The highest BCUT2D eigenvalue weighted by atomic mass is 16.6. The monoisotopic (exact) mass is 393 g/mol. The lowest BCUT2D eigenvalue weighted by Gasteiger charge is -2.20. The molecule has 1 aliphatic heterocycles. The lowest BCUT2D eigenvalue weighted by atomic mass is 10.1. The average Bonchev–Trinajstić information content (AvgIpc) is 2.71. The van der Waals surface area contributed by atoms with E-state index in [1.54, 1.807) is 43.5 Å². The maximum atomic E-state index is 12.3. The second-order valence-corrected chi connectivity index (χ2v) is 6.53. The van der Waals surface area contributed by atoms with Gasteiger partial charge < -0.3 is 23.9 Å². The number of ether oxygens (including phenoxy) is 3. The Labute approximate surface area is 166 Å². The summed E-state index contributed by atoms with van der Waals surface area (Å²) < 4.78 is 21.7. The summed E-state index contributed by atoms with van der Waals surface area (Å²) in [6, 6.07) is 10.2. The van der Waals surface area contributed by atoms with Crippen molar-refractivity contribution in [3.05, 3.63) is 64.0 Å². The number of hydrogen-bond acceptors (Lipinski definition) is 6. The molecule has 0 unspecified atom stereocenters. The van der Waals surface area contributed by atoms with Crippen molar-refractivity contribution in [1.29, 1.82) is 0 Å². The first-order valence-corrected chi connectivity index (χ1v) is 9.05. The van der Waals surface area contributed by atoms with Crippen LogP contribution in [0.4, 0.5) is 5.69 Å². The summed E-state index contributed by atoms with van der Waals surface area (Å²) in [5.74, 6) is 1.36. The first kappa shape index (κ1) is 18.6. The highest BCUT2D eigenvalue weighted by Crippen LogP contribution is 2.40. The van der Waals surface area contributed by atoms with Gasteiger partial charge in [0.1, 0.15) is 18.8 Å². The van der Waals surface area contributed by atoms with E-state index >= 15 is 0 Å². The molecule has 3 aromatic rings. The van der Waals surface area contributed by atoms with Crippen LogP contribution in [0.5, 0.6) is 17.2 Å². The molecule has 2 heterocycles. The molecule has 0 radical (unpaired) electrons. The summed E-state index contributed by atoms with van der Waals surface area (Å²) in [5, 5.41) is 3.58. The lowest BCUT2D eigenvalue weighted by molar-refractivity contribution is -0.111. The Bertz CT molecular complexity index is 1160. The van der Waals surface area contributed by atoms with E-state index in [4.69, 9.17) is 18.6 Å². The fourth-order valence-electron chi connectivity index (χ4n) is 3.15. The molecule has 7 heteroatoms. The standard InChI is InChI=1S/C22H19NO6/c1-13-9-21(25)29-17-12-15(4-5-16(13)17)23-20(24)6-3-14-10-18(26-2)22-19(11-14)27-7-8-28-22/h3-6,9-12H,7-8H2,1-2H3,(H,23,24)/b6-3+. The van der Waals surface area contributed by atoms with E-state index in [0.29, 0.717) is 41.7 Å². The number of anilines is 1. The Hall–Kier alpha value is -3.74. The largest absolute Gasteiger partial charge is 0.493 e. The van der Waals surface area contributed by atoms with Crippen molar-refractivity contribution in [3.8, 4) is 17.2 Å². The smallest absolute Gasteiger partial charge is 0.336 e. The van der Waals surface area contributed by atoms with Crippen LogP contribution in [-0.2, 0) is 4.79 Å². The third-order valence-corrected chi connectivity index (χ3v) is 4.50. The van der Waals surface area contributed by atoms with Crippen molar-refractivity contribution < 1.29 is 23.4 Å². The van der Waals surface area contributed by atoms with Crippen LogP contribution < -0.4 is 25.2 Å². The summed E-state index contributed by atoms with van der Waals surface area (Å²) in [6.07, 6.45) is 3.06. The SMILES string of the molecule is COc1cc(/C=C/C(=O)Nc2ccc3c(C)cc(=O)oc3c2)cc2c1OCCO2. The molecule has 1 N–H and O–H groups in total. The molecule has 4 rings (SSSR count). The zero-order chi connectivity index (χ0) is 20.4. The van der Waals surface area contributed by atoms with E-state index in [2.05, 4.69) is 5.32 Å². The van der Waals surface area contributed by atoms with Gasteiger partial charge in [-0.05, 0) is 48.4 Å². The van der Waals surface area contributed by atoms with Crippen molar-refractivity contribution in [1.82, 2.24) is 0 Å². The fourth-order valence-corrected chi connectivity index (χ4v) is 3.15. The zero-order valence-electron chi connectivity index (χ0n) is 16.0. The molecule has 0 fully saturated rings. The Kier molecular flexibility index (Phi) is 4.95. The maximum absolute atomic E-state index is 12.3. The molecule has 0 saturated heterocycles. The van der Waals surface area contributed by atoms with E-state index in [-0.39, 0.29) is 5.91 Å². The number of nitrogens with one attached hydrogen (secondary N) is 1. The lowest BCUT2D eigenvalue weighted by Crippen LogP contribution is -2.16. The number of amides is 1. The normalized spacial score (nSPS) is 12.9. The molecule has 148 valence electrons. The van der Waals surface area contributed by atoms with Gasteiger partial charge in [0.15, 0.2) is 11.5 Å². The Balaban J connectivity index is 1.53. The average molecular weight is 393 g/mol. The molecule has 0 atom stereocenters. The van der Waals surface area contributed by atoms with Gasteiger partial charge in [0.2, 0.25) is 11.7 Å². The van der Waals surface area contributed by atoms with Gasteiger partial charge in [-0.25, -0.2) is 4.79 Å². The summed E-state index contributed by atoms with van der Waals surface area (Å²) >= 11 is 0. The first-order valence-electron chi connectivity index (χ1n) is 9.05. The van der Waals surface area contributed by atoms with E-state index < -0.39 is 5.63 Å². The van der Waals surface area contributed by atoms with Crippen LogP contribution in [0.3, 0.4) is 0 Å². The Morgan fingerprint density at radius 3 is 2.79 bits per heavy atom. The van der Waals surface area contributed by atoms with Gasteiger partial charge in [-0.1, -0.05) is 0 Å². The molecule has 0 aliphatic carbocycles. The summed E-state index contributed by atoms with van der Waals surface area (Å²) in [7, 11) is 1.55. The molecule has 2 aromatic carbocycles. The second kappa shape index (κ2) is 7.71. The number of fused-ring (bicyclic) bond motifs is 2. The second-order valence-electron chi connectivity index (χ2n) is 6.53. The third-order valence-electron chi connectivity index (χ3n) is 4.50. The van der Waals surface area contributed by atoms with Crippen LogP contribution >= 0.6 is 0 Å². The van der Waals surface area contributed by atoms with Crippen LogP contribution in [0, 0.1) is 6.92 Å². The minimum atomic E-state index is -0.425. The fraction of sp³-hybridized carbons (Fsp3) is 0.182. The minimum Gasteiger partial charge on any atom is -0.493 e. The minimum absolute atomic E-state index is 0.326.